The number of carbonyl (C=O) groups excluding carboxylic acids is 2. The van der Waals surface area contributed by atoms with E-state index in [4.69, 9.17) is 0 Å². The van der Waals surface area contributed by atoms with Crippen LogP contribution in [0.3, 0.4) is 0 Å². The molecule has 130 valence electrons. The summed E-state index contributed by atoms with van der Waals surface area (Å²) in [5.74, 6) is -0.258. The van der Waals surface area contributed by atoms with Crippen molar-refractivity contribution in [3.05, 3.63) is 0 Å². The third kappa shape index (κ3) is 31.1. The maximum Gasteiger partial charge on any atom is 0.220 e. The van der Waals surface area contributed by atoms with E-state index in [0.717, 1.165) is 25.7 Å². The Kier molecular flexibility index (Phi) is 25.1. The van der Waals surface area contributed by atoms with Crippen LogP contribution in [0.1, 0.15) is 72.1 Å². The molecule has 0 saturated carbocycles. The lowest BCUT2D eigenvalue weighted by atomic mass is 10.1. The Balaban J connectivity index is -0.000000516. The Morgan fingerprint density at radius 3 is 2.05 bits per heavy atom. The van der Waals surface area contributed by atoms with Gasteiger partial charge in [0, 0.05) is 19.9 Å². The second-order valence-electron chi connectivity index (χ2n) is 5.02. The molecule has 0 rings (SSSR count). The zero-order valence-electron chi connectivity index (χ0n) is 14.4. The minimum atomic E-state index is -0.381. The fraction of sp³-hybridized carbons (Fsp3) is 0.765. The molecule has 0 aliphatic carbocycles. The SMILES string of the molecule is C#C.CC(N)=O.CCCCCCCC(=O)NCC(O)CCC. The molecule has 5 nitrogen and oxygen atoms in total. The Hall–Kier alpha value is -1.54. The fourth-order valence-corrected chi connectivity index (χ4v) is 1.64. The van der Waals surface area contributed by atoms with Crippen molar-refractivity contribution in [1.82, 2.24) is 5.32 Å². The zero-order valence-corrected chi connectivity index (χ0v) is 14.4. The van der Waals surface area contributed by atoms with E-state index in [0.29, 0.717) is 13.0 Å². The largest absolute Gasteiger partial charge is 0.391 e. The third-order valence-electron chi connectivity index (χ3n) is 2.66. The first-order chi connectivity index (χ1) is 10.4. The zero-order chi connectivity index (χ0) is 17.8. The lowest BCUT2D eigenvalue weighted by Crippen LogP contribution is -2.31. The summed E-state index contributed by atoms with van der Waals surface area (Å²) in [6.07, 6.45) is 15.8. The quantitative estimate of drug-likeness (QED) is 0.427. The van der Waals surface area contributed by atoms with Gasteiger partial charge in [0.2, 0.25) is 11.8 Å². The van der Waals surface area contributed by atoms with Crippen LogP contribution in [-0.4, -0.2) is 29.6 Å². The smallest absolute Gasteiger partial charge is 0.220 e. The standard InChI is InChI=1S/C13H27NO2.C2H5NO.C2H2/c1-3-5-6-7-8-10-13(16)14-11-12(15)9-4-2;1-2(3)4;1-2/h12,15H,3-11H2,1-2H3,(H,14,16);1H3,(H2,3,4);1-2H. The number of hydrogen-bond donors (Lipinski definition) is 3. The lowest BCUT2D eigenvalue weighted by molar-refractivity contribution is -0.121. The molecule has 0 fully saturated rings. The van der Waals surface area contributed by atoms with Gasteiger partial charge in [-0.05, 0) is 12.8 Å². The average molecular weight is 314 g/mol. The summed E-state index contributed by atoms with van der Waals surface area (Å²) in [6.45, 7) is 5.92. The molecular weight excluding hydrogens is 280 g/mol. The number of aliphatic hydroxyl groups is 1. The second kappa shape index (κ2) is 21.8. The molecule has 0 aromatic rings. The molecule has 4 N–H and O–H groups in total. The Labute approximate surface area is 136 Å². The summed E-state index contributed by atoms with van der Waals surface area (Å²) in [5, 5.41) is 12.2. The highest BCUT2D eigenvalue weighted by molar-refractivity contribution is 5.75. The highest BCUT2D eigenvalue weighted by atomic mass is 16.3. The number of hydrogen-bond acceptors (Lipinski definition) is 3. The summed E-state index contributed by atoms with van der Waals surface area (Å²) in [4.78, 5) is 20.6. The van der Waals surface area contributed by atoms with Crippen LogP contribution >= 0.6 is 0 Å². The van der Waals surface area contributed by atoms with Gasteiger partial charge in [0.25, 0.3) is 0 Å². The number of carbonyl (C=O) groups is 2. The van der Waals surface area contributed by atoms with Crippen LogP contribution in [0.5, 0.6) is 0 Å². The molecule has 22 heavy (non-hydrogen) atoms. The summed E-state index contributed by atoms with van der Waals surface area (Å²) >= 11 is 0. The first-order valence-electron chi connectivity index (χ1n) is 7.98. The van der Waals surface area contributed by atoms with E-state index in [1.807, 2.05) is 6.92 Å². The molecule has 0 saturated heterocycles. The van der Waals surface area contributed by atoms with Crippen LogP contribution in [0.4, 0.5) is 0 Å². The van der Waals surface area contributed by atoms with Gasteiger partial charge in [-0.2, -0.15) is 0 Å². The van der Waals surface area contributed by atoms with Gasteiger partial charge in [-0.15, -0.1) is 12.8 Å². The van der Waals surface area contributed by atoms with Crippen LogP contribution < -0.4 is 11.1 Å². The molecule has 0 aliphatic heterocycles. The first-order valence-corrected chi connectivity index (χ1v) is 7.98. The predicted octanol–water partition coefficient (Wildman–Crippen LogP) is 2.37. The number of nitrogens with two attached hydrogens (primary N) is 1. The molecule has 0 heterocycles. The molecule has 5 heteroatoms. The van der Waals surface area contributed by atoms with E-state index in [-0.39, 0.29) is 17.9 Å². The van der Waals surface area contributed by atoms with E-state index in [2.05, 4.69) is 30.8 Å². The van der Waals surface area contributed by atoms with Crippen LogP contribution in [0.2, 0.25) is 0 Å². The van der Waals surface area contributed by atoms with Crippen LogP contribution in [0.25, 0.3) is 0 Å². The van der Waals surface area contributed by atoms with Crippen molar-refractivity contribution in [3.63, 3.8) is 0 Å². The summed E-state index contributed by atoms with van der Waals surface area (Å²) in [6, 6.07) is 0. The van der Waals surface area contributed by atoms with Gasteiger partial charge in [-0.3, -0.25) is 9.59 Å². The van der Waals surface area contributed by atoms with Crippen LogP contribution in [-0.2, 0) is 9.59 Å². The van der Waals surface area contributed by atoms with Crippen molar-refractivity contribution in [2.45, 2.75) is 78.2 Å². The van der Waals surface area contributed by atoms with Crippen molar-refractivity contribution >= 4 is 11.8 Å². The molecule has 1 unspecified atom stereocenters. The van der Waals surface area contributed by atoms with Crippen molar-refractivity contribution in [2.24, 2.45) is 5.73 Å². The van der Waals surface area contributed by atoms with Crippen molar-refractivity contribution in [2.75, 3.05) is 6.54 Å². The number of aliphatic hydroxyl groups excluding tert-OH is 1. The summed E-state index contributed by atoms with van der Waals surface area (Å²) < 4.78 is 0. The molecule has 0 bridgehead atoms. The van der Waals surface area contributed by atoms with E-state index in [1.54, 1.807) is 0 Å². The van der Waals surface area contributed by atoms with E-state index >= 15 is 0 Å². The van der Waals surface area contributed by atoms with Crippen molar-refractivity contribution < 1.29 is 14.7 Å². The highest BCUT2D eigenvalue weighted by Gasteiger charge is 2.05. The molecule has 0 aromatic heterocycles. The van der Waals surface area contributed by atoms with Crippen LogP contribution in [0.15, 0.2) is 0 Å². The van der Waals surface area contributed by atoms with Gasteiger partial charge in [-0.25, -0.2) is 0 Å². The summed E-state index contributed by atoms with van der Waals surface area (Å²) in [5.41, 5.74) is 4.47. The molecule has 0 aliphatic rings. The molecule has 0 radical (unpaired) electrons. The number of nitrogens with one attached hydrogen (secondary N) is 1. The highest BCUT2D eigenvalue weighted by Crippen LogP contribution is 2.04. The monoisotopic (exact) mass is 314 g/mol. The number of terminal acetylenes is 1. The summed E-state index contributed by atoms with van der Waals surface area (Å²) in [7, 11) is 0. The maximum atomic E-state index is 11.4. The molecule has 2 amide bonds. The van der Waals surface area contributed by atoms with E-state index < -0.39 is 0 Å². The normalized spacial score (nSPS) is 10.3. The second-order valence-corrected chi connectivity index (χ2v) is 5.02. The molecule has 1 atom stereocenters. The van der Waals surface area contributed by atoms with Gasteiger partial charge in [0.15, 0.2) is 0 Å². The molecule has 0 spiro atoms. The lowest BCUT2D eigenvalue weighted by Gasteiger charge is -2.10. The van der Waals surface area contributed by atoms with Crippen molar-refractivity contribution in [3.8, 4) is 12.8 Å². The fourth-order valence-electron chi connectivity index (χ4n) is 1.64. The third-order valence-corrected chi connectivity index (χ3v) is 2.66. The number of rotatable bonds is 10. The Bertz CT molecular complexity index is 274. The minimum Gasteiger partial charge on any atom is -0.391 e. The van der Waals surface area contributed by atoms with Gasteiger partial charge in [0.05, 0.1) is 6.10 Å². The van der Waals surface area contributed by atoms with Crippen molar-refractivity contribution in [1.29, 1.82) is 0 Å². The van der Waals surface area contributed by atoms with E-state index in [1.165, 1.54) is 26.2 Å². The van der Waals surface area contributed by atoms with Gasteiger partial charge < -0.3 is 16.2 Å². The predicted molar refractivity (Wildman–Crippen MR) is 92.1 cm³/mol. The van der Waals surface area contributed by atoms with E-state index in [9.17, 15) is 14.7 Å². The van der Waals surface area contributed by atoms with Gasteiger partial charge in [-0.1, -0.05) is 46.0 Å². The minimum absolute atomic E-state index is 0.0756. The molecule has 0 aromatic carbocycles. The van der Waals surface area contributed by atoms with Gasteiger partial charge in [0.1, 0.15) is 0 Å². The number of amides is 2. The molecular formula is C17H34N2O3. The van der Waals surface area contributed by atoms with Crippen LogP contribution in [0, 0.1) is 12.8 Å². The maximum absolute atomic E-state index is 11.4. The number of unbranched alkanes of at least 4 members (excludes halogenated alkanes) is 4. The Morgan fingerprint density at radius 2 is 1.59 bits per heavy atom. The Morgan fingerprint density at radius 1 is 1.09 bits per heavy atom. The average Bonchev–Trinajstić information content (AvgIpc) is 2.47. The van der Waals surface area contributed by atoms with Gasteiger partial charge >= 0.3 is 0 Å². The first kappa shape index (κ1) is 25.4. The topological polar surface area (TPSA) is 92.4 Å². The number of primary amides is 1.